The fourth-order valence-electron chi connectivity index (χ4n) is 2.02. The van der Waals surface area contributed by atoms with Crippen molar-refractivity contribution in [1.82, 2.24) is 4.90 Å². The summed E-state index contributed by atoms with van der Waals surface area (Å²) in [6.45, 7) is 0.935. The number of amides is 1. The second-order valence-electron chi connectivity index (χ2n) is 4.27. The predicted molar refractivity (Wildman–Crippen MR) is 79.5 cm³/mol. The summed E-state index contributed by atoms with van der Waals surface area (Å²) in [5.41, 5.74) is 0.502. The van der Waals surface area contributed by atoms with Gasteiger partial charge in [-0.3, -0.25) is 4.79 Å². The van der Waals surface area contributed by atoms with E-state index in [1.165, 1.54) is 12.0 Å². The van der Waals surface area contributed by atoms with Crippen molar-refractivity contribution < 1.29 is 19.1 Å². The van der Waals surface area contributed by atoms with Crippen LogP contribution in [0.15, 0.2) is 27.1 Å². The Balaban J connectivity index is 2.27. The minimum absolute atomic E-state index is 0.160. The molecule has 0 N–H and O–H groups in total. The van der Waals surface area contributed by atoms with Gasteiger partial charge in [0.2, 0.25) is 0 Å². The van der Waals surface area contributed by atoms with Crippen LogP contribution < -0.4 is 0 Å². The average molecular weight is 407 g/mol. The number of morpholine rings is 1. The lowest BCUT2D eigenvalue weighted by atomic mass is 10.1. The fourth-order valence-corrected chi connectivity index (χ4v) is 3.31. The molecular formula is C13H13Br2NO4. The van der Waals surface area contributed by atoms with Crippen LogP contribution in [0, 0.1) is 0 Å². The number of carbonyl (C=O) groups excluding carboxylic acids is 2. The molecule has 1 aliphatic rings. The van der Waals surface area contributed by atoms with Gasteiger partial charge in [0.15, 0.2) is 6.04 Å². The van der Waals surface area contributed by atoms with Crippen molar-refractivity contribution in [1.29, 1.82) is 0 Å². The van der Waals surface area contributed by atoms with E-state index in [9.17, 15) is 9.59 Å². The van der Waals surface area contributed by atoms with Gasteiger partial charge in [0.1, 0.15) is 0 Å². The largest absolute Gasteiger partial charge is 0.467 e. The van der Waals surface area contributed by atoms with Crippen LogP contribution in [0.1, 0.15) is 10.4 Å². The molecule has 1 aromatic rings. The van der Waals surface area contributed by atoms with Gasteiger partial charge in [-0.1, -0.05) is 31.9 Å². The van der Waals surface area contributed by atoms with Gasteiger partial charge in [-0.05, 0) is 18.2 Å². The van der Waals surface area contributed by atoms with E-state index in [0.717, 1.165) is 8.95 Å². The van der Waals surface area contributed by atoms with Crippen molar-refractivity contribution >= 4 is 43.7 Å². The van der Waals surface area contributed by atoms with Crippen molar-refractivity contribution in [2.45, 2.75) is 6.04 Å². The second-order valence-corrected chi connectivity index (χ2v) is 6.10. The summed E-state index contributed by atoms with van der Waals surface area (Å²) in [6.07, 6.45) is 0. The molecule has 0 spiro atoms. The third-order valence-corrected chi connectivity index (χ3v) is 3.89. The summed E-state index contributed by atoms with van der Waals surface area (Å²) >= 11 is 6.69. The van der Waals surface area contributed by atoms with Crippen LogP contribution in [0.4, 0.5) is 0 Å². The lowest BCUT2D eigenvalue weighted by molar-refractivity contribution is -0.151. The molecule has 1 heterocycles. The van der Waals surface area contributed by atoms with Gasteiger partial charge in [-0.2, -0.15) is 0 Å². The number of carbonyl (C=O) groups is 2. The molecule has 1 amide bonds. The molecule has 7 heteroatoms. The number of hydrogen-bond donors (Lipinski definition) is 0. The van der Waals surface area contributed by atoms with Gasteiger partial charge in [0, 0.05) is 21.1 Å². The normalized spacial score (nSPS) is 18.8. The van der Waals surface area contributed by atoms with E-state index in [0.29, 0.717) is 18.7 Å². The monoisotopic (exact) mass is 405 g/mol. The molecule has 108 valence electrons. The van der Waals surface area contributed by atoms with Crippen molar-refractivity contribution in [3.05, 3.63) is 32.7 Å². The Morgan fingerprint density at radius 3 is 2.55 bits per heavy atom. The van der Waals surface area contributed by atoms with Gasteiger partial charge >= 0.3 is 5.97 Å². The molecule has 20 heavy (non-hydrogen) atoms. The first-order valence-electron chi connectivity index (χ1n) is 5.95. The third-order valence-electron chi connectivity index (χ3n) is 2.97. The summed E-state index contributed by atoms with van der Waals surface area (Å²) in [5.74, 6) is -0.683. The number of nitrogens with zero attached hydrogens (tertiary/aromatic N) is 1. The van der Waals surface area contributed by atoms with Gasteiger partial charge in [-0.15, -0.1) is 0 Å². The van der Waals surface area contributed by atoms with Crippen molar-refractivity contribution in [3.8, 4) is 0 Å². The lowest BCUT2D eigenvalue weighted by Crippen LogP contribution is -2.53. The first-order valence-corrected chi connectivity index (χ1v) is 7.54. The minimum Gasteiger partial charge on any atom is -0.467 e. The van der Waals surface area contributed by atoms with Crippen molar-refractivity contribution in [3.63, 3.8) is 0 Å². The molecule has 0 saturated carbocycles. The number of benzene rings is 1. The quantitative estimate of drug-likeness (QED) is 0.706. The zero-order chi connectivity index (χ0) is 14.7. The molecule has 0 aliphatic carbocycles. The Bertz CT molecular complexity index is 515. The van der Waals surface area contributed by atoms with Crippen molar-refractivity contribution in [2.24, 2.45) is 0 Å². The first-order chi connectivity index (χ1) is 9.52. The Labute approximate surface area is 133 Å². The Morgan fingerprint density at radius 2 is 1.95 bits per heavy atom. The van der Waals surface area contributed by atoms with Crippen LogP contribution >= 0.6 is 31.9 Å². The summed E-state index contributed by atoms with van der Waals surface area (Å²) in [7, 11) is 1.30. The van der Waals surface area contributed by atoms with Crippen LogP contribution in [0.25, 0.3) is 0 Å². The Morgan fingerprint density at radius 1 is 1.30 bits per heavy atom. The van der Waals surface area contributed by atoms with E-state index in [2.05, 4.69) is 31.9 Å². The molecule has 1 unspecified atom stereocenters. The maximum atomic E-state index is 12.6. The SMILES string of the molecule is COC(=O)C1COCCN1C(=O)c1cc(Br)cc(Br)c1. The number of halogens is 2. The standard InChI is InChI=1S/C13H13Br2NO4/c1-19-13(18)11-7-20-3-2-16(11)12(17)8-4-9(14)6-10(15)5-8/h4-6,11H,2-3,7H2,1H3. The van der Waals surface area contributed by atoms with Crippen LogP contribution in [0.5, 0.6) is 0 Å². The van der Waals surface area contributed by atoms with Crippen LogP contribution in [-0.4, -0.2) is 49.7 Å². The molecule has 0 aromatic heterocycles. The highest BCUT2D eigenvalue weighted by Crippen LogP contribution is 2.22. The third kappa shape index (κ3) is 3.39. The number of rotatable bonds is 2. The number of ether oxygens (including phenoxy) is 2. The zero-order valence-electron chi connectivity index (χ0n) is 10.8. The van der Waals surface area contributed by atoms with Gasteiger partial charge in [-0.25, -0.2) is 4.79 Å². The molecule has 0 bridgehead atoms. The summed E-state index contributed by atoms with van der Waals surface area (Å²) in [6, 6.07) is 4.58. The Kier molecular flexibility index (Phi) is 5.17. The number of hydrogen-bond acceptors (Lipinski definition) is 4. The maximum absolute atomic E-state index is 12.6. The molecule has 2 rings (SSSR count). The van der Waals surface area contributed by atoms with Gasteiger partial charge in [0.25, 0.3) is 5.91 Å². The van der Waals surface area contributed by atoms with E-state index in [-0.39, 0.29) is 12.5 Å². The molecule has 1 fully saturated rings. The smallest absolute Gasteiger partial charge is 0.331 e. The summed E-state index contributed by atoms with van der Waals surface area (Å²) in [4.78, 5) is 25.8. The summed E-state index contributed by atoms with van der Waals surface area (Å²) < 4.78 is 11.6. The molecule has 5 nitrogen and oxygen atoms in total. The van der Waals surface area contributed by atoms with E-state index < -0.39 is 12.0 Å². The minimum atomic E-state index is -0.695. The molecule has 0 radical (unpaired) electrons. The molecule has 1 aliphatic heterocycles. The first kappa shape index (κ1) is 15.5. The fraction of sp³-hybridized carbons (Fsp3) is 0.385. The van der Waals surface area contributed by atoms with E-state index in [1.807, 2.05) is 6.07 Å². The second kappa shape index (κ2) is 6.69. The van der Waals surface area contributed by atoms with E-state index >= 15 is 0 Å². The van der Waals surface area contributed by atoms with Crippen LogP contribution in [0.3, 0.4) is 0 Å². The highest BCUT2D eigenvalue weighted by Gasteiger charge is 2.34. The topological polar surface area (TPSA) is 55.8 Å². The average Bonchev–Trinajstić information content (AvgIpc) is 2.44. The highest BCUT2D eigenvalue weighted by molar-refractivity contribution is 9.11. The summed E-state index contributed by atoms with van der Waals surface area (Å²) in [5, 5.41) is 0. The molecular weight excluding hydrogens is 394 g/mol. The van der Waals surface area contributed by atoms with Gasteiger partial charge in [0.05, 0.1) is 20.3 Å². The molecule has 1 atom stereocenters. The molecule has 1 saturated heterocycles. The van der Waals surface area contributed by atoms with E-state index in [1.54, 1.807) is 12.1 Å². The van der Waals surface area contributed by atoms with E-state index in [4.69, 9.17) is 9.47 Å². The maximum Gasteiger partial charge on any atom is 0.331 e. The highest BCUT2D eigenvalue weighted by atomic mass is 79.9. The van der Waals surface area contributed by atoms with Crippen molar-refractivity contribution in [2.75, 3.05) is 26.9 Å². The van der Waals surface area contributed by atoms with Gasteiger partial charge < -0.3 is 14.4 Å². The molecule has 1 aromatic carbocycles. The Hall–Kier alpha value is -0.920. The number of methoxy groups -OCH3 is 1. The zero-order valence-corrected chi connectivity index (χ0v) is 13.9. The lowest BCUT2D eigenvalue weighted by Gasteiger charge is -2.33. The van der Waals surface area contributed by atoms with Crippen LogP contribution in [-0.2, 0) is 14.3 Å². The predicted octanol–water partition coefficient (Wildman–Crippen LogP) is 2.23. The number of esters is 1. The van der Waals surface area contributed by atoms with Crippen LogP contribution in [0.2, 0.25) is 0 Å².